The van der Waals surface area contributed by atoms with Gasteiger partial charge < -0.3 is 15.4 Å². The molecule has 0 aromatic heterocycles. The normalized spacial score (nSPS) is 13.0. The summed E-state index contributed by atoms with van der Waals surface area (Å²) in [4.78, 5) is 35.7. The highest BCUT2D eigenvalue weighted by molar-refractivity contribution is 5.87. The first-order valence-electron chi connectivity index (χ1n) is 8.62. The van der Waals surface area contributed by atoms with E-state index < -0.39 is 24.4 Å². The van der Waals surface area contributed by atoms with Crippen molar-refractivity contribution in [2.45, 2.75) is 46.1 Å². The number of amides is 2. The number of rotatable bonds is 9. The minimum absolute atomic E-state index is 0.00407. The summed E-state index contributed by atoms with van der Waals surface area (Å²) in [6.45, 7) is 7.12. The molecule has 6 nitrogen and oxygen atoms in total. The molecule has 0 radical (unpaired) electrons. The summed E-state index contributed by atoms with van der Waals surface area (Å²) >= 11 is 0. The van der Waals surface area contributed by atoms with E-state index in [1.165, 1.54) is 0 Å². The average molecular weight is 348 g/mol. The van der Waals surface area contributed by atoms with Crippen LogP contribution < -0.4 is 10.6 Å². The fourth-order valence-corrected chi connectivity index (χ4v) is 2.42. The second-order valence-corrected chi connectivity index (χ2v) is 6.38. The van der Waals surface area contributed by atoms with Crippen molar-refractivity contribution >= 4 is 17.8 Å². The number of hydrogen-bond donors (Lipinski definition) is 2. The third-order valence-corrected chi connectivity index (χ3v) is 3.87. The smallest absolute Gasteiger partial charge is 0.314 e. The van der Waals surface area contributed by atoms with Gasteiger partial charge in [0.05, 0.1) is 12.5 Å². The zero-order chi connectivity index (χ0) is 18.8. The molecule has 1 aromatic rings. The SMILES string of the molecule is CC[C@H](C)[C@@H](C(=O)OCC(=O)NCC(=O)NC(C)C)c1ccccc1. The van der Waals surface area contributed by atoms with Crippen LogP contribution in [0.15, 0.2) is 30.3 Å². The zero-order valence-corrected chi connectivity index (χ0v) is 15.4. The fraction of sp³-hybridized carbons (Fsp3) is 0.526. The molecule has 0 aliphatic carbocycles. The monoisotopic (exact) mass is 348 g/mol. The molecule has 138 valence electrons. The van der Waals surface area contributed by atoms with Gasteiger partial charge in [-0.1, -0.05) is 50.6 Å². The number of carbonyl (C=O) groups excluding carboxylic acids is 3. The minimum atomic E-state index is -0.497. The van der Waals surface area contributed by atoms with Gasteiger partial charge in [0.1, 0.15) is 0 Å². The maximum absolute atomic E-state index is 12.5. The molecule has 2 atom stereocenters. The second-order valence-electron chi connectivity index (χ2n) is 6.38. The molecule has 0 heterocycles. The Balaban J connectivity index is 2.55. The molecular weight excluding hydrogens is 320 g/mol. The van der Waals surface area contributed by atoms with Gasteiger partial charge >= 0.3 is 5.97 Å². The van der Waals surface area contributed by atoms with Gasteiger partial charge in [-0.15, -0.1) is 0 Å². The molecule has 2 amide bonds. The zero-order valence-electron chi connectivity index (χ0n) is 15.4. The standard InChI is InChI=1S/C19H28N2O4/c1-5-14(4)18(15-9-7-6-8-10-15)19(24)25-12-17(23)20-11-16(22)21-13(2)3/h6-10,13-14,18H,5,11-12H2,1-4H3,(H,20,23)(H,21,22)/t14-,18+/m0/s1. The quantitative estimate of drug-likeness (QED) is 0.669. The van der Waals surface area contributed by atoms with E-state index in [1.54, 1.807) is 0 Å². The van der Waals surface area contributed by atoms with Crippen molar-refractivity contribution in [1.82, 2.24) is 10.6 Å². The Kier molecular flexibility index (Phi) is 8.67. The van der Waals surface area contributed by atoms with Crippen LogP contribution >= 0.6 is 0 Å². The first-order valence-corrected chi connectivity index (χ1v) is 8.62. The summed E-state index contributed by atoms with van der Waals surface area (Å²) in [6, 6.07) is 9.40. The van der Waals surface area contributed by atoms with Gasteiger partial charge in [0, 0.05) is 6.04 Å². The lowest BCUT2D eigenvalue weighted by Crippen LogP contribution is -2.41. The summed E-state index contributed by atoms with van der Waals surface area (Å²) in [6.07, 6.45) is 0.816. The molecule has 0 aliphatic heterocycles. The molecule has 2 N–H and O–H groups in total. The first kappa shape index (κ1) is 20.7. The van der Waals surface area contributed by atoms with E-state index in [0.717, 1.165) is 12.0 Å². The van der Waals surface area contributed by atoms with E-state index in [1.807, 2.05) is 58.0 Å². The van der Waals surface area contributed by atoms with Crippen molar-refractivity contribution in [3.63, 3.8) is 0 Å². The number of ether oxygens (including phenoxy) is 1. The fourth-order valence-electron chi connectivity index (χ4n) is 2.42. The van der Waals surface area contributed by atoms with E-state index in [-0.39, 0.29) is 24.4 Å². The van der Waals surface area contributed by atoms with Crippen LogP contribution in [-0.4, -0.2) is 37.0 Å². The van der Waals surface area contributed by atoms with Gasteiger partial charge in [0.2, 0.25) is 5.91 Å². The molecule has 0 aliphatic rings. The Morgan fingerprint density at radius 2 is 1.68 bits per heavy atom. The molecule has 6 heteroatoms. The van der Waals surface area contributed by atoms with Gasteiger partial charge in [-0.3, -0.25) is 14.4 Å². The van der Waals surface area contributed by atoms with Gasteiger partial charge in [-0.25, -0.2) is 0 Å². The maximum Gasteiger partial charge on any atom is 0.314 e. The van der Waals surface area contributed by atoms with Crippen molar-refractivity contribution in [2.24, 2.45) is 5.92 Å². The first-order chi connectivity index (χ1) is 11.8. The van der Waals surface area contributed by atoms with Crippen LogP contribution in [0.3, 0.4) is 0 Å². The van der Waals surface area contributed by atoms with Crippen molar-refractivity contribution in [3.8, 4) is 0 Å². The van der Waals surface area contributed by atoms with Crippen LogP contribution in [0.1, 0.15) is 45.6 Å². The van der Waals surface area contributed by atoms with Crippen molar-refractivity contribution in [1.29, 1.82) is 0 Å². The van der Waals surface area contributed by atoms with E-state index in [0.29, 0.717) is 0 Å². The minimum Gasteiger partial charge on any atom is -0.455 e. The Hall–Kier alpha value is -2.37. The average Bonchev–Trinajstić information content (AvgIpc) is 2.58. The number of esters is 1. The van der Waals surface area contributed by atoms with Crippen LogP contribution in [0.25, 0.3) is 0 Å². The van der Waals surface area contributed by atoms with E-state index in [2.05, 4.69) is 10.6 Å². The lowest BCUT2D eigenvalue weighted by Gasteiger charge is -2.21. The van der Waals surface area contributed by atoms with Crippen molar-refractivity contribution < 1.29 is 19.1 Å². The van der Waals surface area contributed by atoms with E-state index in [4.69, 9.17) is 4.74 Å². The Morgan fingerprint density at radius 1 is 1.04 bits per heavy atom. The molecule has 0 fully saturated rings. The predicted octanol–water partition coefficient (Wildman–Crippen LogP) is 2.00. The molecule has 0 spiro atoms. The summed E-state index contributed by atoms with van der Waals surface area (Å²) in [7, 11) is 0. The van der Waals surface area contributed by atoms with Crippen LogP contribution in [0.2, 0.25) is 0 Å². The summed E-state index contributed by atoms with van der Waals surface area (Å²) in [5.41, 5.74) is 0.874. The van der Waals surface area contributed by atoms with E-state index >= 15 is 0 Å². The van der Waals surface area contributed by atoms with Crippen molar-refractivity contribution in [3.05, 3.63) is 35.9 Å². The van der Waals surface area contributed by atoms with Gasteiger partial charge in [-0.2, -0.15) is 0 Å². The molecule has 0 unspecified atom stereocenters. The number of nitrogens with one attached hydrogen (secondary N) is 2. The Bertz CT molecular complexity index is 572. The van der Waals surface area contributed by atoms with E-state index in [9.17, 15) is 14.4 Å². The van der Waals surface area contributed by atoms with Crippen LogP contribution in [0.5, 0.6) is 0 Å². The lowest BCUT2D eigenvalue weighted by molar-refractivity contribution is -0.151. The van der Waals surface area contributed by atoms with Crippen LogP contribution in [-0.2, 0) is 19.1 Å². The van der Waals surface area contributed by atoms with Gasteiger partial charge in [0.15, 0.2) is 6.61 Å². The summed E-state index contributed by atoms with van der Waals surface area (Å²) in [5.74, 6) is -1.53. The molecule has 0 saturated heterocycles. The third-order valence-electron chi connectivity index (χ3n) is 3.87. The molecular formula is C19H28N2O4. The molecule has 25 heavy (non-hydrogen) atoms. The Labute approximate surface area is 149 Å². The topological polar surface area (TPSA) is 84.5 Å². The second kappa shape index (κ2) is 10.5. The number of carbonyl (C=O) groups is 3. The highest BCUT2D eigenvalue weighted by Crippen LogP contribution is 2.28. The van der Waals surface area contributed by atoms with Gasteiger partial charge in [0.25, 0.3) is 5.91 Å². The van der Waals surface area contributed by atoms with Gasteiger partial charge in [-0.05, 0) is 25.3 Å². The third kappa shape index (κ3) is 7.37. The van der Waals surface area contributed by atoms with Crippen molar-refractivity contribution in [2.75, 3.05) is 13.2 Å². The molecule has 0 saturated carbocycles. The largest absolute Gasteiger partial charge is 0.455 e. The maximum atomic E-state index is 12.5. The molecule has 1 rings (SSSR count). The number of hydrogen-bond acceptors (Lipinski definition) is 4. The lowest BCUT2D eigenvalue weighted by atomic mass is 9.86. The highest BCUT2D eigenvalue weighted by Gasteiger charge is 2.27. The summed E-state index contributed by atoms with van der Waals surface area (Å²) < 4.78 is 5.17. The molecule has 0 bridgehead atoms. The van der Waals surface area contributed by atoms with Crippen LogP contribution in [0, 0.1) is 5.92 Å². The van der Waals surface area contributed by atoms with Crippen LogP contribution in [0.4, 0.5) is 0 Å². The predicted molar refractivity (Wildman–Crippen MR) is 95.9 cm³/mol. The molecule has 1 aromatic carbocycles. The highest BCUT2D eigenvalue weighted by atomic mass is 16.5. The number of benzene rings is 1. The summed E-state index contributed by atoms with van der Waals surface area (Å²) in [5, 5.41) is 5.10. The Morgan fingerprint density at radius 3 is 2.24 bits per heavy atom.